The van der Waals surface area contributed by atoms with Crippen LogP contribution in [0.1, 0.15) is 0 Å². The zero-order valence-corrected chi connectivity index (χ0v) is 11.8. The molecule has 0 radical (unpaired) electrons. The number of nitrogens with two attached hydrogens (primary N) is 1. The zero-order valence-electron chi connectivity index (χ0n) is 11.8. The minimum absolute atomic E-state index is 0.575. The lowest BCUT2D eigenvalue weighted by Gasteiger charge is -2.14. The van der Waals surface area contributed by atoms with Crippen molar-refractivity contribution in [1.82, 2.24) is 0 Å². The average molecular weight is 274 g/mol. The highest BCUT2D eigenvalue weighted by Gasteiger charge is 2.09. The number of nitrogens with one attached hydrogen (secondary N) is 1. The third-order valence-corrected chi connectivity index (χ3v) is 2.90. The Labute approximate surface area is 118 Å². The number of benzene rings is 2. The maximum Gasteiger partial charge on any atom is 0.162 e. The Bertz CT molecular complexity index is 600. The molecule has 0 aliphatic carbocycles. The van der Waals surface area contributed by atoms with Crippen molar-refractivity contribution in [3.8, 4) is 17.2 Å². The predicted octanol–water partition coefficient (Wildman–Crippen LogP) is 3.04. The van der Waals surface area contributed by atoms with E-state index in [1.54, 1.807) is 33.5 Å². The van der Waals surface area contributed by atoms with E-state index < -0.39 is 0 Å². The molecule has 0 saturated heterocycles. The molecule has 0 aromatic heterocycles. The summed E-state index contributed by atoms with van der Waals surface area (Å²) in [6.07, 6.45) is 0. The van der Waals surface area contributed by atoms with E-state index in [9.17, 15) is 0 Å². The van der Waals surface area contributed by atoms with Crippen LogP contribution in [0.3, 0.4) is 0 Å². The van der Waals surface area contributed by atoms with Gasteiger partial charge < -0.3 is 25.3 Å². The highest BCUT2D eigenvalue weighted by Crippen LogP contribution is 2.36. The molecule has 0 saturated carbocycles. The van der Waals surface area contributed by atoms with Gasteiger partial charge in [0.1, 0.15) is 5.75 Å². The molecule has 0 amide bonds. The first-order valence-electron chi connectivity index (χ1n) is 6.10. The number of hydrogen-bond donors (Lipinski definition) is 2. The summed E-state index contributed by atoms with van der Waals surface area (Å²) >= 11 is 0. The van der Waals surface area contributed by atoms with Crippen molar-refractivity contribution in [2.45, 2.75) is 0 Å². The van der Waals surface area contributed by atoms with Gasteiger partial charge in [-0.05, 0) is 12.1 Å². The highest BCUT2D eigenvalue weighted by atomic mass is 16.5. The van der Waals surface area contributed by atoms with Crippen LogP contribution in [0.2, 0.25) is 0 Å². The fraction of sp³-hybridized carbons (Fsp3) is 0.200. The largest absolute Gasteiger partial charge is 0.497 e. The van der Waals surface area contributed by atoms with Crippen LogP contribution in [0, 0.1) is 0 Å². The van der Waals surface area contributed by atoms with Crippen molar-refractivity contribution in [1.29, 1.82) is 0 Å². The molecule has 3 N–H and O–H groups in total. The standard InChI is InChI=1S/C15H18N2O3/c1-18-11-6-4-5-10(7-11)17-13-9-15(20-3)14(19-2)8-12(13)16/h4-9,17H,16H2,1-3H3. The summed E-state index contributed by atoms with van der Waals surface area (Å²) in [5.41, 5.74) is 8.21. The summed E-state index contributed by atoms with van der Waals surface area (Å²) in [5.74, 6) is 1.99. The van der Waals surface area contributed by atoms with Crippen molar-refractivity contribution >= 4 is 17.1 Å². The minimum Gasteiger partial charge on any atom is -0.497 e. The maximum atomic E-state index is 6.01. The Balaban J connectivity index is 2.32. The Morgan fingerprint density at radius 1 is 0.900 bits per heavy atom. The Morgan fingerprint density at radius 2 is 1.60 bits per heavy atom. The van der Waals surface area contributed by atoms with Crippen molar-refractivity contribution < 1.29 is 14.2 Å². The van der Waals surface area contributed by atoms with Crippen LogP contribution >= 0.6 is 0 Å². The third kappa shape index (κ3) is 2.88. The van der Waals surface area contributed by atoms with Gasteiger partial charge in [-0.1, -0.05) is 6.07 Å². The average Bonchev–Trinajstić information content (AvgIpc) is 2.49. The first-order valence-corrected chi connectivity index (χ1v) is 6.10. The van der Waals surface area contributed by atoms with Gasteiger partial charge in [0.2, 0.25) is 0 Å². The number of hydrogen-bond acceptors (Lipinski definition) is 5. The van der Waals surface area contributed by atoms with E-state index in [4.69, 9.17) is 19.9 Å². The van der Waals surface area contributed by atoms with Gasteiger partial charge >= 0.3 is 0 Å². The Morgan fingerprint density at radius 3 is 2.25 bits per heavy atom. The normalized spacial score (nSPS) is 9.95. The summed E-state index contributed by atoms with van der Waals surface area (Å²) in [6.45, 7) is 0. The van der Waals surface area contributed by atoms with Gasteiger partial charge in [0.15, 0.2) is 11.5 Å². The maximum absolute atomic E-state index is 6.01. The molecule has 0 spiro atoms. The van der Waals surface area contributed by atoms with Crippen molar-refractivity contribution in [2.75, 3.05) is 32.4 Å². The fourth-order valence-electron chi connectivity index (χ4n) is 1.86. The molecular weight excluding hydrogens is 256 g/mol. The lowest BCUT2D eigenvalue weighted by molar-refractivity contribution is 0.355. The second kappa shape index (κ2) is 6.06. The minimum atomic E-state index is 0.575. The summed E-state index contributed by atoms with van der Waals surface area (Å²) in [7, 11) is 4.79. The quantitative estimate of drug-likeness (QED) is 0.820. The molecule has 0 aliphatic heterocycles. The molecule has 2 aromatic rings. The lowest BCUT2D eigenvalue weighted by atomic mass is 10.2. The van der Waals surface area contributed by atoms with Gasteiger partial charge in [0, 0.05) is 23.9 Å². The first-order chi connectivity index (χ1) is 9.67. The molecule has 20 heavy (non-hydrogen) atoms. The van der Waals surface area contributed by atoms with Gasteiger partial charge in [0.05, 0.1) is 32.7 Å². The first kappa shape index (κ1) is 13.9. The topological polar surface area (TPSA) is 65.7 Å². The molecule has 0 bridgehead atoms. The molecule has 0 heterocycles. The van der Waals surface area contributed by atoms with Crippen LogP contribution in [-0.4, -0.2) is 21.3 Å². The van der Waals surface area contributed by atoms with E-state index in [2.05, 4.69) is 5.32 Å². The van der Waals surface area contributed by atoms with E-state index >= 15 is 0 Å². The smallest absolute Gasteiger partial charge is 0.162 e. The van der Waals surface area contributed by atoms with E-state index in [1.165, 1.54) is 0 Å². The Hall–Kier alpha value is -2.56. The van der Waals surface area contributed by atoms with Gasteiger partial charge in [-0.3, -0.25) is 0 Å². The number of rotatable bonds is 5. The van der Waals surface area contributed by atoms with Crippen LogP contribution in [0.25, 0.3) is 0 Å². The highest BCUT2D eigenvalue weighted by molar-refractivity contribution is 5.76. The van der Waals surface area contributed by atoms with Crippen LogP contribution in [0.4, 0.5) is 17.1 Å². The van der Waals surface area contributed by atoms with E-state index in [1.807, 2.05) is 24.3 Å². The number of methoxy groups -OCH3 is 3. The predicted molar refractivity (Wildman–Crippen MR) is 80.2 cm³/mol. The fourth-order valence-corrected chi connectivity index (χ4v) is 1.86. The van der Waals surface area contributed by atoms with Crippen molar-refractivity contribution in [2.24, 2.45) is 0 Å². The molecule has 0 unspecified atom stereocenters. The van der Waals surface area contributed by atoms with Crippen molar-refractivity contribution in [3.63, 3.8) is 0 Å². The van der Waals surface area contributed by atoms with Gasteiger partial charge in [-0.15, -0.1) is 0 Å². The zero-order chi connectivity index (χ0) is 14.5. The molecule has 106 valence electrons. The lowest BCUT2D eigenvalue weighted by Crippen LogP contribution is -1.99. The van der Waals surface area contributed by atoms with Gasteiger partial charge in [-0.25, -0.2) is 0 Å². The van der Waals surface area contributed by atoms with Crippen LogP contribution in [-0.2, 0) is 0 Å². The van der Waals surface area contributed by atoms with Gasteiger partial charge in [-0.2, -0.15) is 0 Å². The summed E-state index contributed by atoms with van der Waals surface area (Å²) in [6, 6.07) is 11.1. The van der Waals surface area contributed by atoms with Gasteiger partial charge in [0.25, 0.3) is 0 Å². The van der Waals surface area contributed by atoms with Crippen molar-refractivity contribution in [3.05, 3.63) is 36.4 Å². The second-order valence-corrected chi connectivity index (χ2v) is 4.15. The summed E-state index contributed by atoms with van der Waals surface area (Å²) in [5, 5.41) is 3.23. The summed E-state index contributed by atoms with van der Waals surface area (Å²) < 4.78 is 15.7. The molecule has 0 fully saturated rings. The SMILES string of the molecule is COc1cccc(Nc2cc(OC)c(OC)cc2N)c1. The second-order valence-electron chi connectivity index (χ2n) is 4.15. The molecule has 2 rings (SSSR count). The molecule has 0 aliphatic rings. The third-order valence-electron chi connectivity index (χ3n) is 2.90. The number of anilines is 3. The molecule has 0 atom stereocenters. The summed E-state index contributed by atoms with van der Waals surface area (Å²) in [4.78, 5) is 0. The van der Waals surface area contributed by atoms with Crippen LogP contribution in [0.15, 0.2) is 36.4 Å². The van der Waals surface area contributed by atoms with Crippen LogP contribution < -0.4 is 25.3 Å². The Kier molecular flexibility index (Phi) is 4.20. The molecule has 2 aromatic carbocycles. The number of ether oxygens (including phenoxy) is 3. The molecule has 5 nitrogen and oxygen atoms in total. The molecule has 5 heteroatoms. The number of nitrogen functional groups attached to an aromatic ring is 1. The van der Waals surface area contributed by atoms with E-state index in [0.717, 1.165) is 17.1 Å². The van der Waals surface area contributed by atoms with Crippen LogP contribution in [0.5, 0.6) is 17.2 Å². The molecular formula is C15H18N2O3. The van der Waals surface area contributed by atoms with E-state index in [-0.39, 0.29) is 0 Å². The monoisotopic (exact) mass is 274 g/mol. The van der Waals surface area contributed by atoms with E-state index in [0.29, 0.717) is 17.2 Å².